The Morgan fingerprint density at radius 1 is 1.11 bits per heavy atom. The largest absolute Gasteiger partial charge is 0.486 e. The molecule has 0 N–H and O–H groups in total. The van der Waals surface area contributed by atoms with Crippen LogP contribution in [0.3, 0.4) is 0 Å². The number of aryl methyl sites for hydroxylation is 2. The zero-order chi connectivity index (χ0) is 24.8. The summed E-state index contributed by atoms with van der Waals surface area (Å²) in [4.78, 5) is 15.0. The minimum atomic E-state index is -3.44. The maximum Gasteiger partial charge on any atom is 0.254 e. The van der Waals surface area contributed by atoms with Crippen molar-refractivity contribution in [1.29, 1.82) is 0 Å². The van der Waals surface area contributed by atoms with Crippen LogP contribution in [0.25, 0.3) is 0 Å². The van der Waals surface area contributed by atoms with E-state index in [1.165, 1.54) is 0 Å². The number of carbonyl (C=O) groups excluding carboxylic acids is 1. The Labute approximate surface area is 206 Å². The summed E-state index contributed by atoms with van der Waals surface area (Å²) in [6, 6.07) is 13.0. The zero-order valence-corrected chi connectivity index (χ0v) is 21.2. The fourth-order valence-electron chi connectivity index (χ4n) is 5.14. The number of sulfonamides is 1. The Balaban J connectivity index is 1.27. The van der Waals surface area contributed by atoms with E-state index in [9.17, 15) is 13.2 Å². The summed E-state index contributed by atoms with van der Waals surface area (Å²) in [6.45, 7) is 6.23. The molecule has 5 rings (SSSR count). The van der Waals surface area contributed by atoms with Crippen molar-refractivity contribution in [3.05, 3.63) is 64.7 Å². The van der Waals surface area contributed by atoms with Crippen molar-refractivity contribution in [2.24, 2.45) is 0 Å². The lowest BCUT2D eigenvalue weighted by atomic mass is 9.86. The Morgan fingerprint density at radius 3 is 2.54 bits per heavy atom. The van der Waals surface area contributed by atoms with Gasteiger partial charge in [0.05, 0.1) is 37.6 Å². The Hall–Kier alpha value is -2.46. The Kier molecular flexibility index (Phi) is 6.37. The number of ether oxygens (including phenoxy) is 3. The van der Waals surface area contributed by atoms with E-state index in [2.05, 4.69) is 0 Å². The molecule has 0 aliphatic carbocycles. The minimum absolute atomic E-state index is 0.0392. The second-order valence-corrected chi connectivity index (χ2v) is 11.8. The first-order valence-corrected chi connectivity index (χ1v) is 13.5. The molecule has 35 heavy (non-hydrogen) atoms. The number of methoxy groups -OCH3 is 1. The lowest BCUT2D eigenvalue weighted by Gasteiger charge is -2.56. The molecule has 3 aliphatic heterocycles. The minimum Gasteiger partial charge on any atom is -0.486 e. The van der Waals surface area contributed by atoms with Gasteiger partial charge in [-0.3, -0.25) is 4.79 Å². The maximum atomic E-state index is 13.2. The molecule has 3 aliphatic rings. The van der Waals surface area contributed by atoms with Crippen LogP contribution in [-0.4, -0.2) is 81.2 Å². The first kappa shape index (κ1) is 24.2. The Bertz CT molecular complexity index is 1220. The van der Waals surface area contributed by atoms with Crippen LogP contribution in [0.1, 0.15) is 33.5 Å². The van der Waals surface area contributed by atoms with Crippen LogP contribution < -0.4 is 4.74 Å². The van der Waals surface area contributed by atoms with Crippen LogP contribution in [0.2, 0.25) is 0 Å². The molecule has 0 saturated carbocycles. The van der Waals surface area contributed by atoms with E-state index >= 15 is 0 Å². The van der Waals surface area contributed by atoms with Crippen LogP contribution >= 0.6 is 0 Å². The van der Waals surface area contributed by atoms with Gasteiger partial charge in [0.15, 0.2) is 0 Å². The van der Waals surface area contributed by atoms with E-state index in [0.29, 0.717) is 49.7 Å². The molecule has 188 valence electrons. The third kappa shape index (κ3) is 4.58. The van der Waals surface area contributed by atoms with Crippen LogP contribution in [0.4, 0.5) is 0 Å². The molecule has 2 aromatic carbocycles. The van der Waals surface area contributed by atoms with Gasteiger partial charge < -0.3 is 19.1 Å². The molecule has 9 heteroatoms. The van der Waals surface area contributed by atoms with Crippen molar-refractivity contribution in [1.82, 2.24) is 9.21 Å². The molecule has 2 unspecified atom stereocenters. The lowest BCUT2D eigenvalue weighted by molar-refractivity contribution is -0.156. The smallest absolute Gasteiger partial charge is 0.254 e. The fourth-order valence-corrected chi connectivity index (χ4v) is 7.05. The standard InChI is InChI=1S/C26H32N2O6S/c1-18-7-8-19(2)22(11-18)25(29)27-13-23(32-3)24(14-27)34-21-6-4-5-20(12-21)15-35(30,31)28-10-9-26(28)16-33-17-26/h4-8,11-12,23-24H,9-10,13-17H2,1-3H3. The molecule has 1 amide bonds. The van der Waals surface area contributed by atoms with Crippen molar-refractivity contribution in [2.45, 2.75) is 43.8 Å². The van der Waals surface area contributed by atoms with Gasteiger partial charge in [-0.15, -0.1) is 0 Å². The van der Waals surface area contributed by atoms with Gasteiger partial charge in [-0.25, -0.2) is 8.42 Å². The normalized spacial score (nSPS) is 23.7. The third-order valence-corrected chi connectivity index (χ3v) is 9.29. The molecule has 3 heterocycles. The van der Waals surface area contributed by atoms with Crippen molar-refractivity contribution >= 4 is 15.9 Å². The van der Waals surface area contributed by atoms with Gasteiger partial charge in [-0.1, -0.05) is 29.8 Å². The third-order valence-electron chi connectivity index (χ3n) is 7.35. The summed E-state index contributed by atoms with van der Waals surface area (Å²) in [5, 5.41) is 0. The topological polar surface area (TPSA) is 85.4 Å². The first-order chi connectivity index (χ1) is 16.7. The van der Waals surface area contributed by atoms with Gasteiger partial charge in [0.25, 0.3) is 5.91 Å². The number of benzene rings is 2. The number of rotatable bonds is 7. The van der Waals surface area contributed by atoms with Crippen molar-refractivity contribution in [3.8, 4) is 5.75 Å². The molecular formula is C26H32N2O6S. The van der Waals surface area contributed by atoms with Gasteiger partial charge in [0.1, 0.15) is 18.0 Å². The highest BCUT2D eigenvalue weighted by molar-refractivity contribution is 7.88. The van der Waals surface area contributed by atoms with Crippen LogP contribution in [0, 0.1) is 13.8 Å². The predicted molar refractivity (Wildman–Crippen MR) is 131 cm³/mol. The number of hydrogen-bond acceptors (Lipinski definition) is 6. The van der Waals surface area contributed by atoms with E-state index in [0.717, 1.165) is 17.5 Å². The number of hydrogen-bond donors (Lipinski definition) is 0. The quantitative estimate of drug-likeness (QED) is 0.581. The molecule has 1 spiro atoms. The molecule has 2 atom stereocenters. The monoisotopic (exact) mass is 500 g/mol. The van der Waals surface area contributed by atoms with Gasteiger partial charge in [-0.2, -0.15) is 4.31 Å². The average molecular weight is 501 g/mol. The molecule has 8 nitrogen and oxygen atoms in total. The van der Waals surface area contributed by atoms with Gasteiger partial charge in [0, 0.05) is 19.2 Å². The molecular weight excluding hydrogens is 468 g/mol. The maximum absolute atomic E-state index is 13.2. The molecule has 0 aromatic heterocycles. The summed E-state index contributed by atoms with van der Waals surface area (Å²) in [5.74, 6) is 0.445. The van der Waals surface area contributed by atoms with Crippen LogP contribution in [0.5, 0.6) is 5.75 Å². The summed E-state index contributed by atoms with van der Waals surface area (Å²) >= 11 is 0. The highest BCUT2D eigenvalue weighted by Gasteiger charge is 2.55. The van der Waals surface area contributed by atoms with Crippen LogP contribution in [-0.2, 0) is 25.2 Å². The van der Waals surface area contributed by atoms with E-state index < -0.39 is 10.0 Å². The average Bonchev–Trinajstić information content (AvgIpc) is 3.15. The second-order valence-electron chi connectivity index (χ2n) is 9.90. The molecule has 2 aromatic rings. The van der Waals surface area contributed by atoms with Crippen molar-refractivity contribution < 1.29 is 27.4 Å². The second kappa shape index (κ2) is 9.20. The fraction of sp³-hybridized carbons (Fsp3) is 0.500. The highest BCUT2D eigenvalue weighted by atomic mass is 32.2. The molecule has 0 radical (unpaired) electrons. The number of likely N-dealkylation sites (tertiary alicyclic amines) is 1. The summed E-state index contributed by atoms with van der Waals surface area (Å²) in [7, 11) is -1.83. The van der Waals surface area contributed by atoms with E-state index in [-0.39, 0.29) is 29.4 Å². The van der Waals surface area contributed by atoms with Gasteiger partial charge >= 0.3 is 0 Å². The SMILES string of the molecule is COC1CN(C(=O)c2cc(C)ccc2C)CC1Oc1cccc(CS(=O)(=O)N2CCC23COC3)c1. The van der Waals surface area contributed by atoms with Crippen molar-refractivity contribution in [2.75, 3.05) is 40.0 Å². The number of nitrogens with zero attached hydrogens (tertiary/aromatic N) is 2. The number of carbonyl (C=O) groups is 1. The van der Waals surface area contributed by atoms with Crippen molar-refractivity contribution in [3.63, 3.8) is 0 Å². The van der Waals surface area contributed by atoms with Gasteiger partial charge in [0.2, 0.25) is 10.0 Å². The zero-order valence-electron chi connectivity index (χ0n) is 20.4. The van der Waals surface area contributed by atoms with E-state index in [1.807, 2.05) is 38.1 Å². The van der Waals surface area contributed by atoms with Gasteiger partial charge in [-0.05, 0) is 49.6 Å². The molecule has 0 bridgehead atoms. The van der Waals surface area contributed by atoms with Crippen LogP contribution in [0.15, 0.2) is 42.5 Å². The first-order valence-electron chi connectivity index (χ1n) is 11.9. The summed E-state index contributed by atoms with van der Waals surface area (Å²) in [5.41, 5.74) is 3.00. The summed E-state index contributed by atoms with van der Waals surface area (Å²) in [6.07, 6.45) is 0.218. The summed E-state index contributed by atoms with van der Waals surface area (Å²) < 4.78 is 44.8. The molecule has 3 fully saturated rings. The highest BCUT2D eigenvalue weighted by Crippen LogP contribution is 2.40. The van der Waals surface area contributed by atoms with E-state index in [4.69, 9.17) is 14.2 Å². The Morgan fingerprint density at radius 2 is 1.89 bits per heavy atom. The van der Waals surface area contributed by atoms with E-state index in [1.54, 1.807) is 34.5 Å². The number of amides is 1. The molecule has 3 saturated heterocycles. The lowest BCUT2D eigenvalue weighted by Crippen LogP contribution is -2.71. The predicted octanol–water partition coefficient (Wildman–Crippen LogP) is 2.53.